The molecular formula is C21H29N3O2. The van der Waals surface area contributed by atoms with Crippen LogP contribution in [-0.2, 0) is 11.3 Å². The van der Waals surface area contributed by atoms with Crippen molar-refractivity contribution in [2.24, 2.45) is 5.92 Å². The molecule has 5 nitrogen and oxygen atoms in total. The van der Waals surface area contributed by atoms with Gasteiger partial charge in [0.2, 0.25) is 5.91 Å². The first-order valence-electron chi connectivity index (χ1n) is 9.38. The summed E-state index contributed by atoms with van der Waals surface area (Å²) in [7, 11) is 1.91. The van der Waals surface area contributed by atoms with Crippen LogP contribution in [0.5, 0.6) is 0 Å². The number of carbonyl (C=O) groups is 1. The van der Waals surface area contributed by atoms with E-state index in [0.29, 0.717) is 13.1 Å². The SMILES string of the molecule is Cc1ccc(CN(C)CC(=O)Nc2ccc(N3CCC(C)CC3)cc2)o1. The van der Waals surface area contributed by atoms with E-state index in [1.807, 2.05) is 43.1 Å². The monoisotopic (exact) mass is 355 g/mol. The van der Waals surface area contributed by atoms with Gasteiger partial charge >= 0.3 is 0 Å². The number of rotatable bonds is 6. The lowest BCUT2D eigenvalue weighted by molar-refractivity contribution is -0.117. The third-order valence-electron chi connectivity index (χ3n) is 4.94. The Bertz CT molecular complexity index is 715. The van der Waals surface area contributed by atoms with E-state index in [1.165, 1.54) is 18.5 Å². The number of amides is 1. The summed E-state index contributed by atoms with van der Waals surface area (Å²) in [6.45, 7) is 7.41. The van der Waals surface area contributed by atoms with Crippen LogP contribution in [0.15, 0.2) is 40.8 Å². The molecule has 0 saturated carbocycles. The van der Waals surface area contributed by atoms with Gasteiger partial charge in [-0.15, -0.1) is 0 Å². The highest BCUT2D eigenvalue weighted by Crippen LogP contribution is 2.24. The first-order chi connectivity index (χ1) is 12.5. The standard InChI is InChI=1S/C21H29N3O2/c1-16-10-12-24(13-11-16)19-7-5-18(6-8-19)22-21(25)15-23(3)14-20-9-4-17(2)26-20/h4-9,16H,10-15H2,1-3H3,(H,22,25). The van der Waals surface area contributed by atoms with Gasteiger partial charge in [0.15, 0.2) is 0 Å². The second-order valence-corrected chi connectivity index (χ2v) is 7.45. The number of hydrogen-bond acceptors (Lipinski definition) is 4. The van der Waals surface area contributed by atoms with E-state index < -0.39 is 0 Å². The summed E-state index contributed by atoms with van der Waals surface area (Å²) < 4.78 is 5.55. The fraction of sp³-hybridized carbons (Fsp3) is 0.476. The minimum Gasteiger partial charge on any atom is -0.465 e. The van der Waals surface area contributed by atoms with E-state index in [9.17, 15) is 4.79 Å². The molecule has 1 N–H and O–H groups in total. The number of hydrogen-bond donors (Lipinski definition) is 1. The van der Waals surface area contributed by atoms with Gasteiger partial charge in [0.25, 0.3) is 0 Å². The topological polar surface area (TPSA) is 48.7 Å². The molecular weight excluding hydrogens is 326 g/mol. The van der Waals surface area contributed by atoms with E-state index in [0.717, 1.165) is 36.2 Å². The van der Waals surface area contributed by atoms with Crippen molar-refractivity contribution in [3.05, 3.63) is 47.9 Å². The van der Waals surface area contributed by atoms with E-state index in [1.54, 1.807) is 0 Å². The van der Waals surface area contributed by atoms with Crippen LogP contribution in [0, 0.1) is 12.8 Å². The van der Waals surface area contributed by atoms with Gasteiger partial charge in [-0.2, -0.15) is 0 Å². The van der Waals surface area contributed by atoms with Crippen molar-refractivity contribution in [2.45, 2.75) is 33.2 Å². The van der Waals surface area contributed by atoms with Crippen LogP contribution in [0.1, 0.15) is 31.3 Å². The number of aryl methyl sites for hydroxylation is 1. The Morgan fingerprint density at radius 3 is 2.50 bits per heavy atom. The second kappa shape index (κ2) is 8.41. The summed E-state index contributed by atoms with van der Waals surface area (Å²) in [6.07, 6.45) is 2.50. The van der Waals surface area contributed by atoms with Crippen LogP contribution in [0.4, 0.5) is 11.4 Å². The zero-order valence-electron chi connectivity index (χ0n) is 16.0. The lowest BCUT2D eigenvalue weighted by Crippen LogP contribution is -2.32. The molecule has 2 aromatic rings. The fourth-order valence-corrected chi connectivity index (χ4v) is 3.36. The Morgan fingerprint density at radius 1 is 1.19 bits per heavy atom. The number of piperidine rings is 1. The Balaban J connectivity index is 1.48. The van der Waals surface area contributed by atoms with Gasteiger partial charge in [0, 0.05) is 24.5 Å². The van der Waals surface area contributed by atoms with Gasteiger partial charge in [0.1, 0.15) is 11.5 Å². The maximum Gasteiger partial charge on any atom is 0.238 e. The summed E-state index contributed by atoms with van der Waals surface area (Å²) in [4.78, 5) is 16.6. The van der Waals surface area contributed by atoms with Gasteiger partial charge in [-0.3, -0.25) is 9.69 Å². The molecule has 1 aliphatic heterocycles. The van der Waals surface area contributed by atoms with Gasteiger partial charge in [-0.05, 0) is 69.1 Å². The summed E-state index contributed by atoms with van der Waals surface area (Å²) >= 11 is 0. The largest absolute Gasteiger partial charge is 0.465 e. The van der Waals surface area contributed by atoms with Gasteiger partial charge < -0.3 is 14.6 Å². The number of nitrogens with zero attached hydrogens (tertiary/aromatic N) is 2. The number of benzene rings is 1. The van der Waals surface area contributed by atoms with Crippen molar-refractivity contribution in [3.63, 3.8) is 0 Å². The summed E-state index contributed by atoms with van der Waals surface area (Å²) in [6, 6.07) is 12.1. The third-order valence-corrected chi connectivity index (χ3v) is 4.94. The quantitative estimate of drug-likeness (QED) is 0.854. The molecule has 1 amide bonds. The molecule has 5 heteroatoms. The molecule has 0 spiro atoms. The average molecular weight is 355 g/mol. The summed E-state index contributed by atoms with van der Waals surface area (Å²) in [5, 5.41) is 2.97. The van der Waals surface area contributed by atoms with Crippen LogP contribution in [0.3, 0.4) is 0 Å². The van der Waals surface area contributed by atoms with E-state index in [-0.39, 0.29) is 5.91 Å². The highest BCUT2D eigenvalue weighted by molar-refractivity contribution is 5.92. The van der Waals surface area contributed by atoms with Crippen molar-refractivity contribution < 1.29 is 9.21 Å². The number of anilines is 2. The molecule has 1 aromatic carbocycles. The molecule has 1 fully saturated rings. The predicted molar refractivity (Wildman–Crippen MR) is 105 cm³/mol. The van der Waals surface area contributed by atoms with Crippen LogP contribution in [0.25, 0.3) is 0 Å². The first-order valence-corrected chi connectivity index (χ1v) is 9.38. The van der Waals surface area contributed by atoms with Gasteiger partial charge in [-0.1, -0.05) is 6.92 Å². The maximum absolute atomic E-state index is 12.2. The van der Waals surface area contributed by atoms with Crippen LogP contribution in [0.2, 0.25) is 0 Å². The lowest BCUT2D eigenvalue weighted by atomic mass is 9.99. The molecule has 26 heavy (non-hydrogen) atoms. The van der Waals surface area contributed by atoms with Crippen LogP contribution >= 0.6 is 0 Å². The number of likely N-dealkylation sites (N-methyl/N-ethyl adjacent to an activating group) is 1. The molecule has 3 rings (SSSR count). The highest BCUT2D eigenvalue weighted by atomic mass is 16.3. The third kappa shape index (κ3) is 5.11. The summed E-state index contributed by atoms with van der Waals surface area (Å²) in [5.74, 6) is 2.57. The lowest BCUT2D eigenvalue weighted by Gasteiger charge is -2.32. The van der Waals surface area contributed by atoms with E-state index >= 15 is 0 Å². The minimum absolute atomic E-state index is 0.0182. The molecule has 0 bridgehead atoms. The Morgan fingerprint density at radius 2 is 1.88 bits per heavy atom. The average Bonchev–Trinajstić information content (AvgIpc) is 3.01. The highest BCUT2D eigenvalue weighted by Gasteiger charge is 2.16. The molecule has 1 aliphatic rings. The molecule has 0 atom stereocenters. The molecule has 2 heterocycles. The van der Waals surface area contributed by atoms with Gasteiger partial charge in [0.05, 0.1) is 13.1 Å². The maximum atomic E-state index is 12.2. The van der Waals surface area contributed by atoms with E-state index in [4.69, 9.17) is 4.42 Å². The minimum atomic E-state index is -0.0182. The van der Waals surface area contributed by atoms with E-state index in [2.05, 4.69) is 29.3 Å². The molecule has 1 saturated heterocycles. The Hall–Kier alpha value is -2.27. The number of furan rings is 1. The summed E-state index contributed by atoms with van der Waals surface area (Å²) in [5.41, 5.74) is 2.08. The van der Waals surface area contributed by atoms with Gasteiger partial charge in [-0.25, -0.2) is 0 Å². The van der Waals surface area contributed by atoms with Crippen LogP contribution < -0.4 is 10.2 Å². The molecule has 140 valence electrons. The number of nitrogens with one attached hydrogen (secondary N) is 1. The molecule has 0 unspecified atom stereocenters. The van der Waals surface area contributed by atoms with Crippen molar-refractivity contribution in [3.8, 4) is 0 Å². The van der Waals surface area contributed by atoms with Crippen molar-refractivity contribution in [1.29, 1.82) is 0 Å². The molecule has 1 aromatic heterocycles. The fourth-order valence-electron chi connectivity index (χ4n) is 3.36. The normalized spacial score (nSPS) is 15.5. The Labute approximate surface area is 156 Å². The van der Waals surface area contributed by atoms with Crippen molar-refractivity contribution in [2.75, 3.05) is 36.9 Å². The molecule has 0 aliphatic carbocycles. The Kier molecular flexibility index (Phi) is 5.99. The zero-order chi connectivity index (χ0) is 18.5. The smallest absolute Gasteiger partial charge is 0.238 e. The first kappa shape index (κ1) is 18.5. The van der Waals surface area contributed by atoms with Crippen molar-refractivity contribution in [1.82, 2.24) is 4.90 Å². The predicted octanol–water partition coefficient (Wildman–Crippen LogP) is 3.89. The zero-order valence-corrected chi connectivity index (χ0v) is 16.0. The second-order valence-electron chi connectivity index (χ2n) is 7.45. The van der Waals surface area contributed by atoms with Crippen LogP contribution in [-0.4, -0.2) is 37.5 Å². The number of carbonyl (C=O) groups excluding carboxylic acids is 1. The van der Waals surface area contributed by atoms with Crippen molar-refractivity contribution >= 4 is 17.3 Å². The molecule has 0 radical (unpaired) electrons.